The maximum absolute atomic E-state index is 8.88. The van der Waals surface area contributed by atoms with Gasteiger partial charge in [0.15, 0.2) is 0 Å². The Kier molecular flexibility index (Phi) is 6.68. The number of furan rings is 1. The summed E-state index contributed by atoms with van der Waals surface area (Å²) in [5, 5.41) is 8.88. The monoisotopic (exact) mass is 317 g/mol. The topological polar surface area (TPSA) is 45.8 Å². The number of ether oxygens (including phenoxy) is 1. The number of aliphatic hydroxyl groups is 1. The molecule has 0 radical (unpaired) electrons. The predicted molar refractivity (Wildman–Crippen MR) is 91.3 cm³/mol. The molecule has 0 aliphatic rings. The van der Waals surface area contributed by atoms with Crippen molar-refractivity contribution in [2.24, 2.45) is 5.92 Å². The van der Waals surface area contributed by atoms with E-state index in [9.17, 15) is 0 Å². The number of hydrogen-bond donors (Lipinski definition) is 1. The first-order valence-electron chi connectivity index (χ1n) is 8.19. The molecule has 0 saturated heterocycles. The van der Waals surface area contributed by atoms with Crippen molar-refractivity contribution in [1.29, 1.82) is 0 Å². The van der Waals surface area contributed by atoms with E-state index in [-0.39, 0.29) is 6.61 Å². The van der Waals surface area contributed by atoms with E-state index in [0.717, 1.165) is 24.6 Å². The molecule has 0 aliphatic heterocycles. The third-order valence-electron chi connectivity index (χ3n) is 4.12. The fourth-order valence-electron chi connectivity index (χ4n) is 2.50. The first kappa shape index (κ1) is 17.6. The minimum absolute atomic E-state index is 0.0270. The van der Waals surface area contributed by atoms with Crippen LogP contribution in [0.4, 0.5) is 0 Å². The number of hydrogen-bond acceptors (Lipinski definition) is 4. The van der Waals surface area contributed by atoms with Crippen molar-refractivity contribution in [1.82, 2.24) is 4.90 Å². The SMILES string of the molecule is CC(C)[C@H](C)N(Cc1cccc(OCCO)c1)Cc1ccco1. The molecule has 0 saturated carbocycles. The van der Waals surface area contributed by atoms with Gasteiger partial charge in [0.25, 0.3) is 0 Å². The number of benzene rings is 1. The van der Waals surface area contributed by atoms with E-state index in [0.29, 0.717) is 18.6 Å². The van der Waals surface area contributed by atoms with E-state index in [1.54, 1.807) is 6.26 Å². The third kappa shape index (κ3) is 5.41. The van der Waals surface area contributed by atoms with Crippen molar-refractivity contribution in [2.75, 3.05) is 13.2 Å². The molecule has 23 heavy (non-hydrogen) atoms. The minimum atomic E-state index is 0.0270. The van der Waals surface area contributed by atoms with E-state index >= 15 is 0 Å². The van der Waals surface area contributed by atoms with Gasteiger partial charge in [-0.3, -0.25) is 4.90 Å². The van der Waals surface area contributed by atoms with E-state index in [1.807, 2.05) is 30.3 Å². The Hall–Kier alpha value is -1.78. The Bertz CT molecular complexity index is 566. The Morgan fingerprint density at radius 3 is 2.61 bits per heavy atom. The highest BCUT2D eigenvalue weighted by Crippen LogP contribution is 2.20. The van der Waals surface area contributed by atoms with Gasteiger partial charge < -0.3 is 14.3 Å². The molecule has 1 atom stereocenters. The highest BCUT2D eigenvalue weighted by molar-refractivity contribution is 5.28. The molecule has 1 aromatic heterocycles. The van der Waals surface area contributed by atoms with Gasteiger partial charge in [-0.1, -0.05) is 26.0 Å². The zero-order valence-corrected chi connectivity index (χ0v) is 14.2. The van der Waals surface area contributed by atoms with Gasteiger partial charge in [0.05, 0.1) is 19.4 Å². The van der Waals surface area contributed by atoms with Gasteiger partial charge in [-0.25, -0.2) is 0 Å². The quantitative estimate of drug-likeness (QED) is 0.766. The van der Waals surface area contributed by atoms with Crippen LogP contribution in [0.1, 0.15) is 32.1 Å². The van der Waals surface area contributed by atoms with Gasteiger partial charge in [0, 0.05) is 12.6 Å². The van der Waals surface area contributed by atoms with Gasteiger partial charge >= 0.3 is 0 Å². The molecule has 4 nitrogen and oxygen atoms in total. The zero-order chi connectivity index (χ0) is 16.7. The van der Waals surface area contributed by atoms with Crippen molar-refractivity contribution in [3.63, 3.8) is 0 Å². The second-order valence-electron chi connectivity index (χ2n) is 6.19. The number of nitrogens with zero attached hydrogens (tertiary/aromatic N) is 1. The third-order valence-corrected chi connectivity index (χ3v) is 4.12. The summed E-state index contributed by atoms with van der Waals surface area (Å²) in [7, 11) is 0. The standard InChI is InChI=1S/C19H27NO3/c1-15(2)16(3)20(14-19-8-5-10-22-19)13-17-6-4-7-18(12-17)23-11-9-21/h4-8,10,12,15-16,21H,9,11,13-14H2,1-3H3/t16-/m0/s1. The Morgan fingerprint density at radius 1 is 1.13 bits per heavy atom. The lowest BCUT2D eigenvalue weighted by molar-refractivity contribution is 0.140. The van der Waals surface area contributed by atoms with E-state index in [1.165, 1.54) is 5.56 Å². The van der Waals surface area contributed by atoms with Crippen LogP contribution in [-0.4, -0.2) is 29.3 Å². The van der Waals surface area contributed by atoms with Gasteiger partial charge in [-0.15, -0.1) is 0 Å². The minimum Gasteiger partial charge on any atom is -0.491 e. The van der Waals surface area contributed by atoms with Crippen LogP contribution in [0.2, 0.25) is 0 Å². The molecular weight excluding hydrogens is 290 g/mol. The first-order chi connectivity index (χ1) is 11.1. The summed E-state index contributed by atoms with van der Waals surface area (Å²) in [5.41, 5.74) is 1.19. The molecule has 1 heterocycles. The van der Waals surface area contributed by atoms with Gasteiger partial charge in [-0.05, 0) is 42.7 Å². The lowest BCUT2D eigenvalue weighted by Crippen LogP contribution is -2.35. The van der Waals surface area contributed by atoms with Crippen LogP contribution in [-0.2, 0) is 13.1 Å². The summed E-state index contributed by atoms with van der Waals surface area (Å²) in [5.74, 6) is 2.33. The maximum Gasteiger partial charge on any atom is 0.119 e. The van der Waals surface area contributed by atoms with E-state index in [2.05, 4.69) is 31.7 Å². The van der Waals surface area contributed by atoms with Crippen molar-refractivity contribution < 1.29 is 14.3 Å². The van der Waals surface area contributed by atoms with Crippen molar-refractivity contribution >= 4 is 0 Å². The maximum atomic E-state index is 8.88. The van der Waals surface area contributed by atoms with Crippen LogP contribution in [0.5, 0.6) is 5.75 Å². The molecule has 0 unspecified atom stereocenters. The molecule has 0 spiro atoms. The van der Waals surface area contributed by atoms with E-state index < -0.39 is 0 Å². The Balaban J connectivity index is 2.10. The molecule has 4 heteroatoms. The molecule has 0 aliphatic carbocycles. The van der Waals surface area contributed by atoms with Gasteiger partial charge in [-0.2, -0.15) is 0 Å². The number of rotatable bonds is 9. The molecule has 1 N–H and O–H groups in total. The Labute approximate surface area is 138 Å². The average molecular weight is 317 g/mol. The molecule has 0 bridgehead atoms. The summed E-state index contributed by atoms with van der Waals surface area (Å²) >= 11 is 0. The zero-order valence-electron chi connectivity index (χ0n) is 14.2. The first-order valence-corrected chi connectivity index (χ1v) is 8.19. The number of aliphatic hydroxyl groups excluding tert-OH is 1. The van der Waals surface area contributed by atoms with Crippen molar-refractivity contribution in [3.05, 3.63) is 54.0 Å². The molecule has 0 fully saturated rings. The molecule has 2 rings (SSSR count). The second kappa shape index (κ2) is 8.75. The fourth-order valence-corrected chi connectivity index (χ4v) is 2.50. The summed E-state index contributed by atoms with van der Waals surface area (Å²) in [6.45, 7) is 8.69. The van der Waals surface area contributed by atoms with E-state index in [4.69, 9.17) is 14.3 Å². The van der Waals surface area contributed by atoms with Crippen LogP contribution in [0.3, 0.4) is 0 Å². The highest BCUT2D eigenvalue weighted by Gasteiger charge is 2.19. The Morgan fingerprint density at radius 2 is 1.96 bits per heavy atom. The summed E-state index contributed by atoms with van der Waals surface area (Å²) in [6.07, 6.45) is 1.72. The lowest BCUT2D eigenvalue weighted by Gasteiger charge is -2.31. The van der Waals surface area contributed by atoms with Gasteiger partial charge in [0.1, 0.15) is 18.1 Å². The summed E-state index contributed by atoms with van der Waals surface area (Å²) in [6, 6.07) is 12.4. The van der Waals surface area contributed by atoms with Crippen LogP contribution >= 0.6 is 0 Å². The average Bonchev–Trinajstić information content (AvgIpc) is 3.05. The van der Waals surface area contributed by atoms with Crippen LogP contribution in [0.15, 0.2) is 47.1 Å². The normalized spacial score (nSPS) is 12.8. The smallest absolute Gasteiger partial charge is 0.119 e. The fraction of sp³-hybridized carbons (Fsp3) is 0.474. The lowest BCUT2D eigenvalue weighted by atomic mass is 10.0. The second-order valence-corrected chi connectivity index (χ2v) is 6.19. The molecule has 0 amide bonds. The highest BCUT2D eigenvalue weighted by atomic mass is 16.5. The van der Waals surface area contributed by atoms with Crippen molar-refractivity contribution in [2.45, 2.75) is 39.9 Å². The summed E-state index contributed by atoms with van der Waals surface area (Å²) < 4.78 is 11.0. The van der Waals surface area contributed by atoms with Crippen LogP contribution in [0.25, 0.3) is 0 Å². The molecule has 1 aromatic carbocycles. The molecule has 126 valence electrons. The predicted octanol–water partition coefficient (Wildman–Crippen LogP) is 3.70. The van der Waals surface area contributed by atoms with Crippen LogP contribution in [0, 0.1) is 5.92 Å². The van der Waals surface area contributed by atoms with Crippen LogP contribution < -0.4 is 4.74 Å². The molecule has 2 aromatic rings. The largest absolute Gasteiger partial charge is 0.491 e. The van der Waals surface area contributed by atoms with Gasteiger partial charge in [0.2, 0.25) is 0 Å². The summed E-state index contributed by atoms with van der Waals surface area (Å²) in [4.78, 5) is 2.41. The molecular formula is C19H27NO3. The van der Waals surface area contributed by atoms with Crippen molar-refractivity contribution in [3.8, 4) is 5.75 Å².